The third-order valence-corrected chi connectivity index (χ3v) is 2.49. The van der Waals surface area contributed by atoms with Crippen molar-refractivity contribution in [1.82, 2.24) is 5.32 Å². The van der Waals surface area contributed by atoms with Gasteiger partial charge in [0, 0.05) is 23.9 Å². The lowest BCUT2D eigenvalue weighted by atomic mass is 10.1. The van der Waals surface area contributed by atoms with Crippen LogP contribution >= 0.6 is 0 Å². The van der Waals surface area contributed by atoms with Crippen molar-refractivity contribution in [1.29, 1.82) is 0 Å². The molecular weight excluding hydrogens is 232 g/mol. The molecular formula is C13H18N2O3. The third kappa shape index (κ3) is 4.55. The fraction of sp³-hybridized carbons (Fsp3) is 0.385. The van der Waals surface area contributed by atoms with Gasteiger partial charge in [-0.05, 0) is 44.5 Å². The van der Waals surface area contributed by atoms with E-state index in [0.29, 0.717) is 17.7 Å². The van der Waals surface area contributed by atoms with Gasteiger partial charge < -0.3 is 15.7 Å². The number of carbonyl (C=O) groups is 2. The SMILES string of the molecule is CC(=O)c1ccc(NC(=O)N[C@H](C)CCO)cc1. The van der Waals surface area contributed by atoms with Crippen molar-refractivity contribution >= 4 is 17.5 Å². The van der Waals surface area contributed by atoms with Crippen LogP contribution in [0, 0.1) is 0 Å². The van der Waals surface area contributed by atoms with Gasteiger partial charge in [-0.15, -0.1) is 0 Å². The highest BCUT2D eigenvalue weighted by Gasteiger charge is 2.07. The Hall–Kier alpha value is -1.88. The van der Waals surface area contributed by atoms with Gasteiger partial charge >= 0.3 is 6.03 Å². The highest BCUT2D eigenvalue weighted by Crippen LogP contribution is 2.09. The number of nitrogens with one attached hydrogen (secondary N) is 2. The number of rotatable bonds is 5. The van der Waals surface area contributed by atoms with E-state index < -0.39 is 0 Å². The van der Waals surface area contributed by atoms with E-state index in [2.05, 4.69) is 10.6 Å². The average Bonchev–Trinajstić information content (AvgIpc) is 2.29. The summed E-state index contributed by atoms with van der Waals surface area (Å²) in [6.07, 6.45) is 0.511. The van der Waals surface area contributed by atoms with Crippen LogP contribution in [0.15, 0.2) is 24.3 Å². The molecule has 0 bridgehead atoms. The van der Waals surface area contributed by atoms with Crippen LogP contribution in [0.3, 0.4) is 0 Å². The third-order valence-electron chi connectivity index (χ3n) is 2.49. The largest absolute Gasteiger partial charge is 0.396 e. The molecule has 0 radical (unpaired) electrons. The Kier molecular flexibility index (Phi) is 5.32. The van der Waals surface area contributed by atoms with Crippen LogP contribution in [-0.4, -0.2) is 29.6 Å². The van der Waals surface area contributed by atoms with Crippen molar-refractivity contribution in [3.05, 3.63) is 29.8 Å². The van der Waals surface area contributed by atoms with Gasteiger partial charge in [-0.25, -0.2) is 4.79 Å². The summed E-state index contributed by atoms with van der Waals surface area (Å²) in [7, 11) is 0. The number of hydrogen-bond acceptors (Lipinski definition) is 3. The molecule has 0 aliphatic heterocycles. The van der Waals surface area contributed by atoms with Crippen LogP contribution in [0.5, 0.6) is 0 Å². The van der Waals surface area contributed by atoms with Crippen molar-refractivity contribution in [2.24, 2.45) is 0 Å². The molecule has 3 N–H and O–H groups in total. The quantitative estimate of drug-likeness (QED) is 0.697. The first-order valence-corrected chi connectivity index (χ1v) is 5.82. The van der Waals surface area contributed by atoms with E-state index >= 15 is 0 Å². The van der Waals surface area contributed by atoms with Gasteiger partial charge in [0.2, 0.25) is 0 Å². The van der Waals surface area contributed by atoms with Crippen LogP contribution in [0.4, 0.5) is 10.5 Å². The predicted molar refractivity (Wildman–Crippen MR) is 69.8 cm³/mol. The summed E-state index contributed by atoms with van der Waals surface area (Å²) in [5.74, 6) is -0.0115. The average molecular weight is 250 g/mol. The number of urea groups is 1. The standard InChI is InChI=1S/C13H18N2O3/c1-9(7-8-16)14-13(18)15-12-5-3-11(4-6-12)10(2)17/h3-6,9,16H,7-8H2,1-2H3,(H2,14,15,18)/t9-/m1/s1. The number of aliphatic hydroxyl groups excluding tert-OH is 1. The van der Waals surface area contributed by atoms with Gasteiger partial charge in [0.05, 0.1) is 0 Å². The molecule has 0 aliphatic rings. The van der Waals surface area contributed by atoms with Gasteiger partial charge in [-0.3, -0.25) is 4.79 Å². The lowest BCUT2D eigenvalue weighted by Crippen LogP contribution is -2.36. The Morgan fingerprint density at radius 2 is 1.89 bits per heavy atom. The van der Waals surface area contributed by atoms with Crippen LogP contribution < -0.4 is 10.6 Å². The van der Waals surface area contributed by atoms with Crippen molar-refractivity contribution < 1.29 is 14.7 Å². The van der Waals surface area contributed by atoms with Crippen LogP contribution in [-0.2, 0) is 0 Å². The summed E-state index contributed by atoms with van der Waals surface area (Å²) in [6.45, 7) is 3.34. The second kappa shape index (κ2) is 6.76. The molecule has 0 aromatic heterocycles. The number of benzene rings is 1. The molecule has 98 valence electrons. The monoisotopic (exact) mass is 250 g/mol. The fourth-order valence-corrected chi connectivity index (χ4v) is 1.45. The smallest absolute Gasteiger partial charge is 0.319 e. The fourth-order valence-electron chi connectivity index (χ4n) is 1.45. The summed E-state index contributed by atoms with van der Waals surface area (Å²) in [5.41, 5.74) is 1.23. The molecule has 2 amide bonds. The van der Waals surface area contributed by atoms with Gasteiger partial charge in [0.15, 0.2) is 5.78 Å². The minimum absolute atomic E-state index is 0.0115. The molecule has 0 fully saturated rings. The number of carbonyl (C=O) groups excluding carboxylic acids is 2. The first kappa shape index (κ1) is 14.2. The van der Waals surface area contributed by atoms with Gasteiger partial charge in [0.25, 0.3) is 0 Å². The molecule has 0 unspecified atom stereocenters. The predicted octanol–water partition coefficient (Wildman–Crippen LogP) is 1.78. The molecule has 1 aromatic rings. The Morgan fingerprint density at radius 3 is 2.39 bits per heavy atom. The van der Waals surface area contributed by atoms with Crippen molar-refractivity contribution in [3.8, 4) is 0 Å². The Bertz CT molecular complexity index is 415. The van der Waals surface area contributed by atoms with E-state index in [4.69, 9.17) is 5.11 Å². The minimum atomic E-state index is -0.327. The molecule has 0 saturated heterocycles. The molecule has 1 aromatic carbocycles. The summed E-state index contributed by atoms with van der Waals surface area (Å²) >= 11 is 0. The molecule has 1 atom stereocenters. The van der Waals surface area contributed by atoms with E-state index in [1.54, 1.807) is 24.3 Å². The molecule has 0 aliphatic carbocycles. The minimum Gasteiger partial charge on any atom is -0.396 e. The lowest BCUT2D eigenvalue weighted by Gasteiger charge is -2.13. The van der Waals surface area contributed by atoms with Crippen molar-refractivity contribution in [2.75, 3.05) is 11.9 Å². The highest BCUT2D eigenvalue weighted by atomic mass is 16.3. The zero-order valence-corrected chi connectivity index (χ0v) is 10.6. The van der Waals surface area contributed by atoms with Gasteiger partial charge in [0.1, 0.15) is 0 Å². The van der Waals surface area contributed by atoms with Crippen LogP contribution in [0.25, 0.3) is 0 Å². The lowest BCUT2D eigenvalue weighted by molar-refractivity contribution is 0.101. The number of Topliss-reactive ketones (excluding diaryl/α,β-unsaturated/α-hetero) is 1. The number of anilines is 1. The van der Waals surface area contributed by atoms with Crippen LogP contribution in [0.2, 0.25) is 0 Å². The van der Waals surface area contributed by atoms with E-state index in [0.717, 1.165) is 0 Å². The van der Waals surface area contributed by atoms with Crippen molar-refractivity contribution in [3.63, 3.8) is 0 Å². The first-order valence-electron chi connectivity index (χ1n) is 5.82. The van der Waals surface area contributed by atoms with Crippen molar-refractivity contribution in [2.45, 2.75) is 26.3 Å². The Balaban J connectivity index is 2.51. The van der Waals surface area contributed by atoms with E-state index in [1.807, 2.05) is 6.92 Å². The maximum Gasteiger partial charge on any atom is 0.319 e. The van der Waals surface area contributed by atoms with Gasteiger partial charge in [-0.1, -0.05) is 0 Å². The second-order valence-corrected chi connectivity index (χ2v) is 4.15. The van der Waals surface area contributed by atoms with E-state index in [9.17, 15) is 9.59 Å². The molecule has 1 rings (SSSR count). The second-order valence-electron chi connectivity index (χ2n) is 4.15. The summed E-state index contributed by atoms with van der Waals surface area (Å²) < 4.78 is 0. The normalized spacial score (nSPS) is 11.7. The Morgan fingerprint density at radius 1 is 1.28 bits per heavy atom. The molecule has 5 nitrogen and oxygen atoms in total. The number of amides is 2. The van der Waals surface area contributed by atoms with E-state index in [1.165, 1.54) is 6.92 Å². The summed E-state index contributed by atoms with van der Waals surface area (Å²) in [6, 6.07) is 6.25. The van der Waals surface area contributed by atoms with Gasteiger partial charge in [-0.2, -0.15) is 0 Å². The number of ketones is 1. The highest BCUT2D eigenvalue weighted by molar-refractivity contribution is 5.95. The maximum absolute atomic E-state index is 11.5. The number of hydrogen-bond donors (Lipinski definition) is 3. The molecule has 0 spiro atoms. The molecule has 18 heavy (non-hydrogen) atoms. The maximum atomic E-state index is 11.5. The topological polar surface area (TPSA) is 78.4 Å². The first-order chi connectivity index (χ1) is 8.52. The summed E-state index contributed by atoms with van der Waals surface area (Å²) in [4.78, 5) is 22.6. The molecule has 0 heterocycles. The number of aliphatic hydroxyl groups is 1. The van der Waals surface area contributed by atoms with Crippen LogP contribution in [0.1, 0.15) is 30.6 Å². The molecule has 5 heteroatoms. The summed E-state index contributed by atoms with van der Waals surface area (Å²) in [5, 5.41) is 14.1. The van der Waals surface area contributed by atoms with E-state index in [-0.39, 0.29) is 24.5 Å². The Labute approximate surface area is 106 Å². The zero-order chi connectivity index (χ0) is 13.5. The zero-order valence-electron chi connectivity index (χ0n) is 10.6. The molecule has 0 saturated carbocycles.